The van der Waals surface area contributed by atoms with Crippen molar-refractivity contribution in [3.63, 3.8) is 0 Å². The lowest BCUT2D eigenvalue weighted by atomic mass is 9.82. The molecule has 0 saturated heterocycles. The molecule has 0 bridgehead atoms. The molecule has 1 atom stereocenters. The molecule has 2 aliphatic rings. The third-order valence-corrected chi connectivity index (χ3v) is 6.43. The quantitative estimate of drug-likeness (QED) is 0.526. The average molecular weight is 490 g/mol. The van der Waals surface area contributed by atoms with Crippen LogP contribution in [-0.2, 0) is 6.42 Å². The van der Waals surface area contributed by atoms with Crippen LogP contribution >= 0.6 is 0 Å². The van der Waals surface area contributed by atoms with Crippen LogP contribution in [0.15, 0.2) is 31.0 Å². The summed E-state index contributed by atoms with van der Waals surface area (Å²) in [6.07, 6.45) is 6.22. The number of ether oxygens (including phenoxy) is 2. The molecule has 1 unspecified atom stereocenters. The number of nitrogens with zero attached hydrogens (tertiary/aromatic N) is 6. The molecule has 1 fully saturated rings. The molecule has 1 N–H and O–H groups in total. The number of anilines is 3. The smallest absolute Gasteiger partial charge is 0.391 e. The largest absolute Gasteiger partial charge is 0.493 e. The molecule has 5 rings (SSSR count). The molecule has 0 amide bonds. The van der Waals surface area contributed by atoms with E-state index in [0.717, 1.165) is 12.1 Å². The second-order valence-corrected chi connectivity index (χ2v) is 8.92. The summed E-state index contributed by atoms with van der Waals surface area (Å²) < 4.78 is 51.6. The molecule has 9 nitrogen and oxygen atoms in total. The molecule has 186 valence electrons. The third kappa shape index (κ3) is 5.10. The van der Waals surface area contributed by atoms with Gasteiger partial charge in [-0.2, -0.15) is 18.2 Å². The zero-order valence-electron chi connectivity index (χ0n) is 19.4. The Labute approximate surface area is 200 Å². The number of fused-ring (bicyclic) bond motifs is 1. The molecule has 3 aromatic heterocycles. The van der Waals surface area contributed by atoms with Gasteiger partial charge in [-0.25, -0.2) is 15.0 Å². The summed E-state index contributed by atoms with van der Waals surface area (Å²) in [6, 6.07) is 0.888. The lowest BCUT2D eigenvalue weighted by molar-refractivity contribution is -0.140. The first-order chi connectivity index (χ1) is 16.8. The number of pyridine rings is 1. The van der Waals surface area contributed by atoms with Crippen molar-refractivity contribution in [3.8, 4) is 17.3 Å². The number of likely N-dealkylation sites (N-methyl/N-ethyl adjacent to an activating group) is 1. The van der Waals surface area contributed by atoms with E-state index in [1.807, 2.05) is 10.8 Å². The number of halogens is 3. The van der Waals surface area contributed by atoms with Gasteiger partial charge in [-0.05, 0) is 12.3 Å². The normalized spacial score (nSPS) is 18.0. The molecule has 12 heteroatoms. The van der Waals surface area contributed by atoms with Crippen molar-refractivity contribution in [2.45, 2.75) is 44.3 Å². The van der Waals surface area contributed by atoms with E-state index in [0.29, 0.717) is 28.9 Å². The molecule has 0 radical (unpaired) electrons. The number of aromatic nitrogens is 5. The molecule has 1 saturated carbocycles. The van der Waals surface area contributed by atoms with Gasteiger partial charge in [0.15, 0.2) is 23.1 Å². The van der Waals surface area contributed by atoms with Crippen molar-refractivity contribution < 1.29 is 22.6 Å². The minimum Gasteiger partial charge on any atom is -0.493 e. The van der Waals surface area contributed by atoms with Gasteiger partial charge in [0.25, 0.3) is 0 Å². The van der Waals surface area contributed by atoms with E-state index in [2.05, 4.69) is 25.3 Å². The van der Waals surface area contributed by atoms with Gasteiger partial charge < -0.3 is 19.7 Å². The molecule has 0 aromatic carbocycles. The zero-order valence-corrected chi connectivity index (χ0v) is 19.4. The minimum absolute atomic E-state index is 0.0850. The zero-order chi connectivity index (χ0) is 24.6. The van der Waals surface area contributed by atoms with E-state index in [1.165, 1.54) is 30.4 Å². The van der Waals surface area contributed by atoms with Crippen LogP contribution in [0.1, 0.15) is 31.4 Å². The molecular weight excluding hydrogens is 463 g/mol. The Morgan fingerprint density at radius 1 is 1.17 bits per heavy atom. The maximum Gasteiger partial charge on any atom is 0.391 e. The standard InChI is InChI=1S/C23H26F3N7O2/c1-32-17(8-23(24,25)26)12-35-19-10-28-22(31-21(19)32)30-15-7-18(34-2)20(27-9-15)33-11-16(29-13-33)6-14-4-3-5-14/h7,9-11,13-14,17H,3-6,8,12H2,1-2H3,(H,28,30,31). The van der Waals surface area contributed by atoms with Gasteiger partial charge in [-0.3, -0.25) is 4.57 Å². The maximum atomic E-state index is 12.9. The topological polar surface area (TPSA) is 90.2 Å². The predicted molar refractivity (Wildman–Crippen MR) is 123 cm³/mol. The summed E-state index contributed by atoms with van der Waals surface area (Å²) in [5.74, 6) is 2.65. The second kappa shape index (κ2) is 9.23. The first-order valence-electron chi connectivity index (χ1n) is 11.4. The first kappa shape index (κ1) is 23.2. The predicted octanol–water partition coefficient (Wildman–Crippen LogP) is 4.30. The van der Waals surface area contributed by atoms with Crippen LogP contribution in [0, 0.1) is 5.92 Å². The van der Waals surface area contributed by atoms with Crippen LogP contribution in [0.2, 0.25) is 0 Å². The molecule has 35 heavy (non-hydrogen) atoms. The van der Waals surface area contributed by atoms with Gasteiger partial charge >= 0.3 is 6.18 Å². The van der Waals surface area contributed by atoms with Gasteiger partial charge in [0.05, 0.1) is 43.3 Å². The summed E-state index contributed by atoms with van der Waals surface area (Å²) in [5, 5.41) is 3.04. The monoisotopic (exact) mass is 489 g/mol. The Bertz CT molecular complexity index is 1200. The van der Waals surface area contributed by atoms with Gasteiger partial charge in [0, 0.05) is 19.3 Å². The van der Waals surface area contributed by atoms with Crippen LogP contribution in [0.4, 0.5) is 30.6 Å². The van der Waals surface area contributed by atoms with Crippen molar-refractivity contribution in [2.24, 2.45) is 5.92 Å². The number of nitrogens with one attached hydrogen (secondary N) is 1. The molecule has 4 heterocycles. The fraction of sp³-hybridized carbons (Fsp3) is 0.478. The second-order valence-electron chi connectivity index (χ2n) is 8.92. The van der Waals surface area contributed by atoms with Gasteiger partial charge in [0.2, 0.25) is 5.95 Å². The summed E-state index contributed by atoms with van der Waals surface area (Å²) in [4.78, 5) is 19.1. The third-order valence-electron chi connectivity index (χ3n) is 6.43. The molecular formula is C23H26F3N7O2. The highest BCUT2D eigenvalue weighted by molar-refractivity contribution is 5.62. The Kier molecular flexibility index (Phi) is 6.12. The molecule has 0 spiro atoms. The molecule has 1 aliphatic heterocycles. The highest BCUT2D eigenvalue weighted by Gasteiger charge is 2.37. The fourth-order valence-electron chi connectivity index (χ4n) is 4.27. The van der Waals surface area contributed by atoms with Crippen molar-refractivity contribution in [3.05, 3.63) is 36.7 Å². The van der Waals surface area contributed by atoms with Gasteiger partial charge in [-0.15, -0.1) is 0 Å². The Morgan fingerprint density at radius 2 is 2.00 bits per heavy atom. The lowest BCUT2D eigenvalue weighted by Gasteiger charge is -2.35. The molecule has 1 aliphatic carbocycles. The average Bonchev–Trinajstić information content (AvgIpc) is 3.26. The Morgan fingerprint density at radius 3 is 2.71 bits per heavy atom. The van der Waals surface area contributed by atoms with Crippen LogP contribution in [0.3, 0.4) is 0 Å². The maximum absolute atomic E-state index is 12.9. The van der Waals surface area contributed by atoms with E-state index in [1.54, 1.807) is 32.7 Å². The number of hydrogen-bond acceptors (Lipinski definition) is 8. The Balaban J connectivity index is 1.33. The fourth-order valence-corrected chi connectivity index (χ4v) is 4.27. The number of methoxy groups -OCH3 is 1. The lowest BCUT2D eigenvalue weighted by Crippen LogP contribution is -2.43. The molecule has 3 aromatic rings. The minimum atomic E-state index is -4.30. The number of hydrogen-bond donors (Lipinski definition) is 1. The van der Waals surface area contributed by atoms with Crippen molar-refractivity contribution >= 4 is 17.5 Å². The highest BCUT2D eigenvalue weighted by atomic mass is 19.4. The van der Waals surface area contributed by atoms with E-state index < -0.39 is 18.6 Å². The summed E-state index contributed by atoms with van der Waals surface area (Å²) in [6.45, 7) is -0.0850. The van der Waals surface area contributed by atoms with Crippen LogP contribution in [0.5, 0.6) is 11.5 Å². The van der Waals surface area contributed by atoms with E-state index in [-0.39, 0.29) is 18.4 Å². The van der Waals surface area contributed by atoms with Crippen LogP contribution < -0.4 is 19.7 Å². The van der Waals surface area contributed by atoms with E-state index in [9.17, 15) is 13.2 Å². The summed E-state index contributed by atoms with van der Waals surface area (Å²) >= 11 is 0. The van der Waals surface area contributed by atoms with Crippen molar-refractivity contribution in [1.29, 1.82) is 0 Å². The number of alkyl halides is 3. The van der Waals surface area contributed by atoms with Crippen molar-refractivity contribution in [2.75, 3.05) is 31.0 Å². The van der Waals surface area contributed by atoms with Gasteiger partial charge in [-0.1, -0.05) is 19.3 Å². The van der Waals surface area contributed by atoms with Crippen LogP contribution in [-0.4, -0.2) is 57.5 Å². The number of imidazole rings is 1. The summed E-state index contributed by atoms with van der Waals surface area (Å²) in [5.41, 5.74) is 1.59. The summed E-state index contributed by atoms with van der Waals surface area (Å²) in [7, 11) is 3.12. The first-order valence-corrected chi connectivity index (χ1v) is 11.4. The van der Waals surface area contributed by atoms with E-state index in [4.69, 9.17) is 9.47 Å². The Hall–Kier alpha value is -3.57. The van der Waals surface area contributed by atoms with Crippen LogP contribution in [0.25, 0.3) is 5.82 Å². The SMILES string of the molecule is COc1cc(Nc2ncc3c(n2)N(C)C(CC(F)(F)F)CO3)cnc1-n1cnc(CC2CCC2)c1. The number of rotatable bonds is 7. The van der Waals surface area contributed by atoms with Crippen molar-refractivity contribution in [1.82, 2.24) is 24.5 Å². The van der Waals surface area contributed by atoms with E-state index >= 15 is 0 Å². The highest BCUT2D eigenvalue weighted by Crippen LogP contribution is 2.35. The van der Waals surface area contributed by atoms with Gasteiger partial charge in [0.1, 0.15) is 12.9 Å².